The smallest absolute Gasteiger partial charge is 0.158 e. The fourth-order valence-corrected chi connectivity index (χ4v) is 3.17. The van der Waals surface area contributed by atoms with Crippen molar-refractivity contribution in [2.75, 3.05) is 13.2 Å². The van der Waals surface area contributed by atoms with Crippen LogP contribution >= 0.6 is 0 Å². The first-order valence-corrected chi connectivity index (χ1v) is 6.31. The lowest BCUT2D eigenvalue weighted by molar-refractivity contribution is -0.0946. The van der Waals surface area contributed by atoms with Crippen molar-refractivity contribution in [1.29, 1.82) is 0 Å². The van der Waals surface area contributed by atoms with Crippen LogP contribution in [-0.2, 0) is 9.47 Å². The second-order valence-electron chi connectivity index (χ2n) is 6.11. The number of rotatable bonds is 2. The number of hydrogen-bond acceptors (Lipinski definition) is 3. The minimum atomic E-state index is -0.587. The molecule has 1 heterocycles. The van der Waals surface area contributed by atoms with Crippen molar-refractivity contribution in [3.63, 3.8) is 0 Å². The Morgan fingerprint density at radius 3 is 2.19 bits per heavy atom. The number of ether oxygens (including phenoxy) is 2. The summed E-state index contributed by atoms with van der Waals surface area (Å²) in [6.45, 7) is 9.85. The van der Waals surface area contributed by atoms with Gasteiger partial charge in [0.25, 0.3) is 0 Å². The third-order valence-corrected chi connectivity index (χ3v) is 5.09. The van der Waals surface area contributed by atoms with Gasteiger partial charge in [-0.3, -0.25) is 0 Å². The van der Waals surface area contributed by atoms with E-state index in [2.05, 4.69) is 20.8 Å². The molecule has 1 aliphatic carbocycles. The van der Waals surface area contributed by atoms with Crippen molar-refractivity contribution >= 4 is 0 Å². The number of hydrogen-bond donors (Lipinski definition) is 1. The number of aliphatic hydroxyl groups is 1. The summed E-state index contributed by atoms with van der Waals surface area (Å²) in [7, 11) is 0. The van der Waals surface area contributed by atoms with Gasteiger partial charge in [0.2, 0.25) is 0 Å². The van der Waals surface area contributed by atoms with Crippen LogP contribution in [0.15, 0.2) is 0 Å². The van der Waals surface area contributed by atoms with Crippen LogP contribution in [0.5, 0.6) is 0 Å². The van der Waals surface area contributed by atoms with Crippen molar-refractivity contribution in [2.45, 2.75) is 52.4 Å². The summed E-state index contributed by atoms with van der Waals surface area (Å²) in [4.78, 5) is 0. The van der Waals surface area contributed by atoms with Gasteiger partial charge in [0, 0.05) is 6.42 Å². The fraction of sp³-hybridized carbons (Fsp3) is 1.00. The van der Waals surface area contributed by atoms with Gasteiger partial charge in [0.1, 0.15) is 0 Å². The Kier molecular flexibility index (Phi) is 3.06. The van der Waals surface area contributed by atoms with Crippen LogP contribution in [0.25, 0.3) is 0 Å². The summed E-state index contributed by atoms with van der Waals surface area (Å²) in [5, 5.41) is 10.6. The van der Waals surface area contributed by atoms with E-state index in [-0.39, 0.29) is 11.7 Å². The van der Waals surface area contributed by atoms with Crippen LogP contribution in [0.3, 0.4) is 0 Å². The molecule has 3 unspecified atom stereocenters. The average Bonchev–Trinajstić information content (AvgIpc) is 2.72. The highest BCUT2D eigenvalue weighted by atomic mass is 16.7. The monoisotopic (exact) mass is 228 g/mol. The van der Waals surface area contributed by atoms with Crippen LogP contribution < -0.4 is 0 Å². The maximum atomic E-state index is 10.6. The lowest BCUT2D eigenvalue weighted by Gasteiger charge is -2.39. The SMILES string of the molecule is CC1CC(CC2OCCO2)C(C)(C)C1(C)O. The Morgan fingerprint density at radius 1 is 1.19 bits per heavy atom. The molecule has 0 aromatic carbocycles. The molecule has 0 aromatic rings. The second kappa shape index (κ2) is 3.97. The van der Waals surface area contributed by atoms with Gasteiger partial charge in [-0.15, -0.1) is 0 Å². The normalized spacial score (nSPS) is 44.1. The van der Waals surface area contributed by atoms with E-state index < -0.39 is 5.60 Å². The van der Waals surface area contributed by atoms with Crippen LogP contribution in [-0.4, -0.2) is 30.2 Å². The minimum absolute atomic E-state index is 0.0506. The minimum Gasteiger partial charge on any atom is -0.389 e. The van der Waals surface area contributed by atoms with Crippen molar-refractivity contribution in [2.24, 2.45) is 17.3 Å². The first kappa shape index (κ1) is 12.3. The van der Waals surface area contributed by atoms with E-state index >= 15 is 0 Å². The standard InChI is InChI=1S/C13H24O3/c1-9-7-10(8-11-15-5-6-16-11)12(2,3)13(9,4)14/h9-11,14H,5-8H2,1-4H3. The molecule has 0 spiro atoms. The van der Waals surface area contributed by atoms with Crippen LogP contribution in [0.4, 0.5) is 0 Å². The molecule has 1 saturated carbocycles. The molecular formula is C13H24O3. The molecule has 2 aliphatic rings. The van der Waals surface area contributed by atoms with Gasteiger partial charge in [-0.05, 0) is 30.6 Å². The van der Waals surface area contributed by atoms with Crippen LogP contribution in [0.1, 0.15) is 40.5 Å². The van der Waals surface area contributed by atoms with E-state index in [9.17, 15) is 5.11 Å². The maximum Gasteiger partial charge on any atom is 0.158 e. The van der Waals surface area contributed by atoms with E-state index in [0.717, 1.165) is 12.8 Å². The van der Waals surface area contributed by atoms with Crippen molar-refractivity contribution in [1.82, 2.24) is 0 Å². The van der Waals surface area contributed by atoms with E-state index in [1.165, 1.54) is 0 Å². The molecule has 3 atom stereocenters. The molecule has 16 heavy (non-hydrogen) atoms. The molecule has 0 amide bonds. The maximum absolute atomic E-state index is 10.6. The highest BCUT2D eigenvalue weighted by Crippen LogP contribution is 2.54. The van der Waals surface area contributed by atoms with E-state index in [1.54, 1.807) is 0 Å². The molecule has 0 radical (unpaired) electrons. The Morgan fingerprint density at radius 2 is 1.75 bits per heavy atom. The highest BCUT2D eigenvalue weighted by Gasteiger charge is 2.55. The lowest BCUT2D eigenvalue weighted by Crippen LogP contribution is -2.43. The quantitative estimate of drug-likeness (QED) is 0.787. The summed E-state index contributed by atoms with van der Waals surface area (Å²) in [5.41, 5.74) is -0.655. The molecule has 1 aliphatic heterocycles. The van der Waals surface area contributed by atoms with E-state index in [4.69, 9.17) is 9.47 Å². The second-order valence-corrected chi connectivity index (χ2v) is 6.11. The topological polar surface area (TPSA) is 38.7 Å². The van der Waals surface area contributed by atoms with Crippen LogP contribution in [0, 0.1) is 17.3 Å². The van der Waals surface area contributed by atoms with Gasteiger partial charge in [0.05, 0.1) is 18.8 Å². The fourth-order valence-electron chi connectivity index (χ4n) is 3.17. The molecule has 0 bridgehead atoms. The zero-order chi connectivity index (χ0) is 12.0. The molecule has 2 fully saturated rings. The molecular weight excluding hydrogens is 204 g/mol. The Balaban J connectivity index is 2.05. The van der Waals surface area contributed by atoms with Crippen molar-refractivity contribution < 1.29 is 14.6 Å². The van der Waals surface area contributed by atoms with Gasteiger partial charge in [-0.1, -0.05) is 20.8 Å². The van der Waals surface area contributed by atoms with E-state index in [0.29, 0.717) is 25.0 Å². The summed E-state index contributed by atoms with van der Waals surface area (Å²) >= 11 is 0. The summed E-state index contributed by atoms with van der Waals surface area (Å²) in [5.74, 6) is 0.814. The van der Waals surface area contributed by atoms with Crippen molar-refractivity contribution in [3.8, 4) is 0 Å². The van der Waals surface area contributed by atoms with Crippen molar-refractivity contribution in [3.05, 3.63) is 0 Å². The Labute approximate surface area is 98.1 Å². The predicted molar refractivity (Wildman–Crippen MR) is 62.0 cm³/mol. The molecule has 1 saturated heterocycles. The molecule has 94 valence electrons. The first-order valence-electron chi connectivity index (χ1n) is 6.31. The zero-order valence-corrected chi connectivity index (χ0v) is 10.8. The predicted octanol–water partition coefficient (Wildman–Crippen LogP) is 2.18. The largest absolute Gasteiger partial charge is 0.389 e. The molecule has 0 aromatic heterocycles. The summed E-state index contributed by atoms with van der Waals surface area (Å²) in [6, 6.07) is 0. The third-order valence-electron chi connectivity index (χ3n) is 5.09. The van der Waals surface area contributed by atoms with Gasteiger partial charge >= 0.3 is 0 Å². The Bertz CT molecular complexity index is 254. The third kappa shape index (κ3) is 1.79. The summed E-state index contributed by atoms with van der Waals surface area (Å²) < 4.78 is 11.0. The molecule has 1 N–H and O–H groups in total. The lowest BCUT2D eigenvalue weighted by atomic mass is 9.71. The first-order chi connectivity index (χ1) is 7.35. The average molecular weight is 228 g/mol. The molecule has 2 rings (SSSR count). The van der Waals surface area contributed by atoms with Gasteiger partial charge in [-0.25, -0.2) is 0 Å². The van der Waals surface area contributed by atoms with Gasteiger partial charge < -0.3 is 14.6 Å². The Hall–Kier alpha value is -0.120. The van der Waals surface area contributed by atoms with Crippen LogP contribution in [0.2, 0.25) is 0 Å². The zero-order valence-electron chi connectivity index (χ0n) is 10.8. The van der Waals surface area contributed by atoms with Gasteiger partial charge in [0.15, 0.2) is 6.29 Å². The highest BCUT2D eigenvalue weighted by molar-refractivity contribution is 5.04. The summed E-state index contributed by atoms with van der Waals surface area (Å²) in [6.07, 6.45) is 1.92. The van der Waals surface area contributed by atoms with Gasteiger partial charge in [-0.2, -0.15) is 0 Å². The van der Waals surface area contributed by atoms with E-state index in [1.807, 2.05) is 6.92 Å². The molecule has 3 nitrogen and oxygen atoms in total. The molecule has 3 heteroatoms.